The Bertz CT molecular complexity index is 755. The van der Waals surface area contributed by atoms with Crippen LogP contribution in [0.15, 0.2) is 35.4 Å². The molecule has 0 fully saturated rings. The molecule has 2 rings (SSSR count). The number of methoxy groups -OCH3 is 1. The van der Waals surface area contributed by atoms with Crippen LogP contribution < -0.4 is 15.2 Å². The highest BCUT2D eigenvalue weighted by atomic mass is 32.2. The predicted molar refractivity (Wildman–Crippen MR) is 77.1 cm³/mol. The van der Waals surface area contributed by atoms with Gasteiger partial charge in [0.15, 0.2) is 11.6 Å². The number of anilines is 2. The first kappa shape index (κ1) is 15.0. The van der Waals surface area contributed by atoms with Gasteiger partial charge in [0, 0.05) is 6.20 Å². The van der Waals surface area contributed by atoms with Crippen molar-refractivity contribution in [1.82, 2.24) is 4.98 Å². The van der Waals surface area contributed by atoms with Gasteiger partial charge in [0.2, 0.25) is 0 Å². The van der Waals surface area contributed by atoms with Gasteiger partial charge in [0.25, 0.3) is 10.0 Å². The smallest absolute Gasteiger partial charge is 0.263 e. The van der Waals surface area contributed by atoms with Gasteiger partial charge in [-0.15, -0.1) is 0 Å². The van der Waals surface area contributed by atoms with Crippen molar-refractivity contribution < 1.29 is 17.5 Å². The van der Waals surface area contributed by atoms with Crippen molar-refractivity contribution in [2.75, 3.05) is 17.6 Å². The largest absolute Gasteiger partial charge is 0.492 e. The van der Waals surface area contributed by atoms with Crippen molar-refractivity contribution in [2.45, 2.75) is 11.8 Å². The lowest BCUT2D eigenvalue weighted by Gasteiger charge is -2.11. The summed E-state index contributed by atoms with van der Waals surface area (Å²) in [6.07, 6.45) is 1.47. The van der Waals surface area contributed by atoms with E-state index in [9.17, 15) is 12.8 Å². The van der Waals surface area contributed by atoms with Crippen LogP contribution in [-0.4, -0.2) is 20.5 Å². The van der Waals surface area contributed by atoms with Crippen LogP contribution in [0.2, 0.25) is 0 Å². The molecule has 0 aliphatic heterocycles. The predicted octanol–water partition coefficient (Wildman–Crippen LogP) is 1.92. The maximum atomic E-state index is 13.7. The number of hydrogen-bond donors (Lipinski definition) is 2. The molecule has 0 aliphatic rings. The highest BCUT2D eigenvalue weighted by Gasteiger charge is 2.19. The number of nitrogens with one attached hydrogen (secondary N) is 1. The summed E-state index contributed by atoms with van der Waals surface area (Å²) in [6.45, 7) is 1.80. The summed E-state index contributed by atoms with van der Waals surface area (Å²) < 4.78 is 45.2. The topological polar surface area (TPSA) is 94.3 Å². The Morgan fingerprint density at radius 1 is 1.33 bits per heavy atom. The van der Waals surface area contributed by atoms with E-state index in [0.717, 1.165) is 17.7 Å². The first-order valence-electron chi connectivity index (χ1n) is 5.92. The first-order chi connectivity index (χ1) is 9.83. The molecule has 21 heavy (non-hydrogen) atoms. The summed E-state index contributed by atoms with van der Waals surface area (Å²) in [6, 6.07) is 5.25. The second kappa shape index (κ2) is 5.57. The van der Waals surface area contributed by atoms with Crippen LogP contribution >= 0.6 is 0 Å². The highest BCUT2D eigenvalue weighted by Crippen LogP contribution is 2.29. The number of halogens is 1. The van der Waals surface area contributed by atoms with E-state index in [1.54, 1.807) is 19.1 Å². The number of nitrogens with zero attached hydrogens (tertiary/aromatic N) is 1. The second-order valence-corrected chi connectivity index (χ2v) is 6.03. The molecule has 0 atom stereocenters. The van der Waals surface area contributed by atoms with E-state index in [-0.39, 0.29) is 22.2 Å². The summed E-state index contributed by atoms with van der Waals surface area (Å²) in [5.74, 6) is -0.900. The third-order valence-corrected chi connectivity index (χ3v) is 4.05. The number of pyridine rings is 1. The Labute approximate surface area is 121 Å². The van der Waals surface area contributed by atoms with Crippen LogP contribution in [0.4, 0.5) is 15.9 Å². The molecule has 0 saturated carbocycles. The number of aromatic nitrogens is 1. The molecule has 2 aromatic rings. The maximum absolute atomic E-state index is 13.7. The van der Waals surface area contributed by atoms with Gasteiger partial charge < -0.3 is 10.5 Å². The molecular weight excluding hydrogens is 297 g/mol. The molecule has 0 amide bonds. The van der Waals surface area contributed by atoms with Crippen molar-refractivity contribution in [3.05, 3.63) is 41.8 Å². The molecule has 0 bridgehead atoms. The van der Waals surface area contributed by atoms with Crippen molar-refractivity contribution >= 4 is 21.5 Å². The lowest BCUT2D eigenvalue weighted by Crippen LogP contribution is -2.15. The van der Waals surface area contributed by atoms with Gasteiger partial charge in [-0.3, -0.25) is 4.72 Å². The van der Waals surface area contributed by atoms with E-state index >= 15 is 0 Å². The molecule has 1 heterocycles. The molecule has 1 aromatic heterocycles. The molecule has 112 valence electrons. The van der Waals surface area contributed by atoms with E-state index in [1.165, 1.54) is 13.3 Å². The zero-order chi connectivity index (χ0) is 15.6. The molecular formula is C13H14FN3O3S. The zero-order valence-corrected chi connectivity index (χ0v) is 12.2. The third-order valence-electron chi connectivity index (χ3n) is 2.71. The molecule has 0 unspecified atom stereocenters. The van der Waals surface area contributed by atoms with E-state index in [0.29, 0.717) is 0 Å². The number of rotatable bonds is 4. The van der Waals surface area contributed by atoms with E-state index in [4.69, 9.17) is 10.5 Å². The van der Waals surface area contributed by atoms with Crippen LogP contribution in [0.1, 0.15) is 5.56 Å². The number of sulfonamides is 1. The van der Waals surface area contributed by atoms with Crippen molar-refractivity contribution in [3.63, 3.8) is 0 Å². The number of ether oxygens (including phenoxy) is 1. The molecule has 8 heteroatoms. The van der Waals surface area contributed by atoms with Gasteiger partial charge in [-0.2, -0.15) is 0 Å². The summed E-state index contributed by atoms with van der Waals surface area (Å²) in [4.78, 5) is 3.58. The van der Waals surface area contributed by atoms with Crippen LogP contribution in [0, 0.1) is 12.7 Å². The lowest BCUT2D eigenvalue weighted by atomic mass is 10.3. The van der Waals surface area contributed by atoms with Gasteiger partial charge in [-0.1, -0.05) is 0 Å². The Kier molecular flexibility index (Phi) is 3.99. The Morgan fingerprint density at radius 3 is 2.62 bits per heavy atom. The average molecular weight is 311 g/mol. The fourth-order valence-electron chi connectivity index (χ4n) is 1.75. The summed E-state index contributed by atoms with van der Waals surface area (Å²) >= 11 is 0. The monoisotopic (exact) mass is 311 g/mol. The van der Waals surface area contributed by atoms with Gasteiger partial charge in [0.1, 0.15) is 5.82 Å². The standard InChI is InChI=1S/C13H14FN3O3S/c1-8-3-4-16-12(5-8)17-21(18,19)9-6-10(14)13(20-2)11(15)7-9/h3-7H,15H2,1-2H3,(H,16,17). The Morgan fingerprint density at radius 2 is 2.05 bits per heavy atom. The minimum absolute atomic E-state index is 0.102. The Hall–Kier alpha value is -2.35. The van der Waals surface area contributed by atoms with Gasteiger partial charge in [0.05, 0.1) is 17.7 Å². The zero-order valence-electron chi connectivity index (χ0n) is 11.4. The van der Waals surface area contributed by atoms with Crippen molar-refractivity contribution in [2.24, 2.45) is 0 Å². The van der Waals surface area contributed by atoms with Crippen LogP contribution in [-0.2, 0) is 10.0 Å². The lowest BCUT2D eigenvalue weighted by molar-refractivity contribution is 0.388. The maximum Gasteiger partial charge on any atom is 0.263 e. The minimum Gasteiger partial charge on any atom is -0.492 e. The summed E-state index contributed by atoms with van der Waals surface area (Å²) in [5.41, 5.74) is 6.31. The molecule has 1 aromatic carbocycles. The van der Waals surface area contributed by atoms with Crippen LogP contribution in [0.5, 0.6) is 5.75 Å². The van der Waals surface area contributed by atoms with Crippen molar-refractivity contribution in [3.8, 4) is 5.75 Å². The fourth-order valence-corrected chi connectivity index (χ4v) is 2.79. The normalized spacial score (nSPS) is 11.2. The SMILES string of the molecule is COc1c(N)cc(S(=O)(=O)Nc2cc(C)ccn2)cc1F. The summed E-state index contributed by atoms with van der Waals surface area (Å²) in [7, 11) is -2.74. The first-order valence-corrected chi connectivity index (χ1v) is 7.40. The van der Waals surface area contributed by atoms with Gasteiger partial charge >= 0.3 is 0 Å². The van der Waals surface area contributed by atoms with Crippen LogP contribution in [0.3, 0.4) is 0 Å². The average Bonchev–Trinajstić information content (AvgIpc) is 2.37. The summed E-state index contributed by atoms with van der Waals surface area (Å²) in [5, 5.41) is 0. The number of nitrogen functional groups attached to an aromatic ring is 1. The molecule has 0 spiro atoms. The molecule has 0 saturated heterocycles. The Balaban J connectivity index is 2.40. The minimum atomic E-state index is -3.99. The number of benzene rings is 1. The molecule has 0 aliphatic carbocycles. The quantitative estimate of drug-likeness (QED) is 0.841. The highest BCUT2D eigenvalue weighted by molar-refractivity contribution is 7.92. The van der Waals surface area contributed by atoms with Gasteiger partial charge in [-0.25, -0.2) is 17.8 Å². The molecule has 6 nitrogen and oxygen atoms in total. The third kappa shape index (κ3) is 3.22. The fraction of sp³-hybridized carbons (Fsp3) is 0.154. The number of nitrogens with two attached hydrogens (primary N) is 1. The van der Waals surface area contributed by atoms with E-state index in [2.05, 4.69) is 9.71 Å². The van der Waals surface area contributed by atoms with E-state index < -0.39 is 15.8 Å². The molecule has 3 N–H and O–H groups in total. The number of hydrogen-bond acceptors (Lipinski definition) is 5. The van der Waals surface area contributed by atoms with Gasteiger partial charge in [-0.05, 0) is 36.8 Å². The number of aryl methyl sites for hydroxylation is 1. The van der Waals surface area contributed by atoms with Crippen LogP contribution in [0.25, 0.3) is 0 Å². The van der Waals surface area contributed by atoms with Crippen molar-refractivity contribution in [1.29, 1.82) is 0 Å². The second-order valence-electron chi connectivity index (χ2n) is 4.35. The molecule has 0 radical (unpaired) electrons. The van der Waals surface area contributed by atoms with E-state index in [1.807, 2.05) is 0 Å².